The standard InChI is InChI=1S/C12H12BrN5O3S/c1-5-7(3-15-17-12-16-8(14)4-22-12)11(19)9(13)6(2)10(5)18(20)21/h3-4,19H,14H2,1-2H3,(H,16,17). The largest absolute Gasteiger partial charge is 0.506 e. The molecular formula is C12H12BrN5O3S. The molecule has 0 saturated heterocycles. The number of nitro groups is 1. The van der Waals surface area contributed by atoms with Gasteiger partial charge in [0.15, 0.2) is 0 Å². The van der Waals surface area contributed by atoms with Gasteiger partial charge in [0.2, 0.25) is 5.13 Å². The number of nitrogens with zero attached hydrogens (tertiary/aromatic N) is 3. The fourth-order valence-corrected chi connectivity index (χ4v) is 2.86. The van der Waals surface area contributed by atoms with E-state index in [9.17, 15) is 15.2 Å². The quantitative estimate of drug-likeness (QED) is 0.421. The molecule has 0 aliphatic rings. The second-order valence-electron chi connectivity index (χ2n) is 4.38. The van der Waals surface area contributed by atoms with Gasteiger partial charge in [-0.25, -0.2) is 4.98 Å². The van der Waals surface area contributed by atoms with Gasteiger partial charge in [-0.15, -0.1) is 11.3 Å². The monoisotopic (exact) mass is 385 g/mol. The predicted octanol–water partition coefficient (Wildman–Crippen LogP) is 3.16. The molecule has 0 spiro atoms. The van der Waals surface area contributed by atoms with Gasteiger partial charge in [0.25, 0.3) is 5.69 Å². The number of halogens is 1. The lowest BCUT2D eigenvalue weighted by Gasteiger charge is -2.10. The predicted molar refractivity (Wildman–Crippen MR) is 89.7 cm³/mol. The Morgan fingerprint density at radius 3 is 2.77 bits per heavy atom. The minimum absolute atomic E-state index is 0.0652. The first kappa shape index (κ1) is 16.2. The van der Waals surface area contributed by atoms with Crippen molar-refractivity contribution in [3.8, 4) is 5.75 Å². The highest BCUT2D eigenvalue weighted by molar-refractivity contribution is 9.10. The number of aromatic hydroxyl groups is 1. The molecule has 0 aliphatic carbocycles. The first-order valence-corrected chi connectivity index (χ1v) is 7.66. The Morgan fingerprint density at radius 2 is 2.23 bits per heavy atom. The zero-order valence-electron chi connectivity index (χ0n) is 11.6. The van der Waals surface area contributed by atoms with Crippen LogP contribution in [0.2, 0.25) is 0 Å². The molecule has 116 valence electrons. The van der Waals surface area contributed by atoms with Crippen LogP contribution < -0.4 is 11.2 Å². The second-order valence-corrected chi connectivity index (χ2v) is 6.03. The lowest BCUT2D eigenvalue weighted by Crippen LogP contribution is -2.02. The van der Waals surface area contributed by atoms with E-state index in [1.807, 2.05) is 0 Å². The Kier molecular flexibility index (Phi) is 4.62. The van der Waals surface area contributed by atoms with Gasteiger partial charge in [0.05, 0.1) is 15.6 Å². The molecule has 8 nitrogen and oxygen atoms in total. The van der Waals surface area contributed by atoms with E-state index >= 15 is 0 Å². The molecule has 1 aromatic heterocycles. The van der Waals surface area contributed by atoms with Gasteiger partial charge in [0.1, 0.15) is 11.6 Å². The van der Waals surface area contributed by atoms with E-state index in [-0.39, 0.29) is 21.5 Å². The number of nitro benzene ring substituents is 1. The van der Waals surface area contributed by atoms with Crippen molar-refractivity contribution in [3.63, 3.8) is 0 Å². The lowest BCUT2D eigenvalue weighted by molar-refractivity contribution is -0.386. The fourth-order valence-electron chi connectivity index (χ4n) is 1.91. The first-order valence-electron chi connectivity index (χ1n) is 5.99. The Bertz CT molecular complexity index is 775. The molecule has 4 N–H and O–H groups in total. The molecule has 2 rings (SSSR count). The van der Waals surface area contributed by atoms with Crippen LogP contribution in [0, 0.1) is 24.0 Å². The normalized spacial score (nSPS) is 11.0. The summed E-state index contributed by atoms with van der Waals surface area (Å²) in [6, 6.07) is 0. The molecule has 0 aliphatic heterocycles. The maximum Gasteiger partial charge on any atom is 0.277 e. The molecule has 1 aromatic carbocycles. The van der Waals surface area contributed by atoms with Crippen LogP contribution in [0.3, 0.4) is 0 Å². The van der Waals surface area contributed by atoms with Crippen LogP contribution in [0.1, 0.15) is 16.7 Å². The fraction of sp³-hybridized carbons (Fsp3) is 0.167. The third-order valence-electron chi connectivity index (χ3n) is 2.97. The molecule has 0 atom stereocenters. The molecule has 0 saturated carbocycles. The van der Waals surface area contributed by atoms with Crippen molar-refractivity contribution in [1.82, 2.24) is 4.98 Å². The van der Waals surface area contributed by atoms with E-state index in [0.29, 0.717) is 22.1 Å². The number of anilines is 2. The number of nitrogen functional groups attached to an aromatic ring is 1. The first-order chi connectivity index (χ1) is 10.3. The van der Waals surface area contributed by atoms with E-state index in [1.165, 1.54) is 17.6 Å². The van der Waals surface area contributed by atoms with Crippen LogP contribution in [0.5, 0.6) is 5.75 Å². The minimum atomic E-state index is -0.485. The Hall–Kier alpha value is -2.20. The van der Waals surface area contributed by atoms with Gasteiger partial charge in [-0.3, -0.25) is 15.5 Å². The molecule has 0 amide bonds. The summed E-state index contributed by atoms with van der Waals surface area (Å²) in [5.41, 5.74) is 9.01. The lowest BCUT2D eigenvalue weighted by atomic mass is 10.0. The Morgan fingerprint density at radius 1 is 1.55 bits per heavy atom. The molecule has 2 aromatic rings. The third-order valence-corrected chi connectivity index (χ3v) is 4.70. The van der Waals surface area contributed by atoms with Crippen molar-refractivity contribution >= 4 is 50.1 Å². The number of thiazole rings is 1. The molecule has 1 heterocycles. The van der Waals surface area contributed by atoms with Crippen molar-refractivity contribution in [1.29, 1.82) is 0 Å². The molecule has 22 heavy (non-hydrogen) atoms. The number of hydrazone groups is 1. The van der Waals surface area contributed by atoms with E-state index < -0.39 is 4.92 Å². The summed E-state index contributed by atoms with van der Waals surface area (Å²) in [7, 11) is 0. The molecular weight excluding hydrogens is 374 g/mol. The van der Waals surface area contributed by atoms with Crippen LogP contribution in [0.4, 0.5) is 16.6 Å². The van der Waals surface area contributed by atoms with Crippen LogP contribution in [0.25, 0.3) is 0 Å². The summed E-state index contributed by atoms with van der Waals surface area (Å²) < 4.78 is 0.268. The van der Waals surface area contributed by atoms with Crippen molar-refractivity contribution in [2.24, 2.45) is 5.10 Å². The van der Waals surface area contributed by atoms with Gasteiger partial charge in [0, 0.05) is 22.1 Å². The Balaban J connectivity index is 2.40. The average molecular weight is 386 g/mol. The number of hydrogen-bond acceptors (Lipinski definition) is 8. The summed E-state index contributed by atoms with van der Waals surface area (Å²) in [4.78, 5) is 14.6. The molecule has 0 unspecified atom stereocenters. The van der Waals surface area contributed by atoms with Gasteiger partial charge in [-0.2, -0.15) is 5.10 Å². The molecule has 10 heteroatoms. The Labute approximate surface area is 138 Å². The van der Waals surface area contributed by atoms with E-state index in [0.717, 1.165) is 0 Å². The number of nitrogens with one attached hydrogen (secondary N) is 1. The highest BCUT2D eigenvalue weighted by atomic mass is 79.9. The maximum absolute atomic E-state index is 11.2. The summed E-state index contributed by atoms with van der Waals surface area (Å²) in [6.45, 7) is 3.12. The van der Waals surface area contributed by atoms with Gasteiger partial charge in [-0.05, 0) is 29.8 Å². The zero-order chi connectivity index (χ0) is 16.4. The average Bonchev–Trinajstić information content (AvgIpc) is 2.85. The summed E-state index contributed by atoms with van der Waals surface area (Å²) >= 11 is 4.43. The third kappa shape index (κ3) is 3.02. The number of phenolic OH excluding ortho intramolecular Hbond substituents is 1. The molecule has 0 fully saturated rings. The number of benzene rings is 1. The van der Waals surface area contributed by atoms with Gasteiger partial charge < -0.3 is 10.8 Å². The minimum Gasteiger partial charge on any atom is -0.506 e. The number of phenols is 1. The molecule has 0 radical (unpaired) electrons. The van der Waals surface area contributed by atoms with Crippen LogP contribution in [0.15, 0.2) is 15.0 Å². The maximum atomic E-state index is 11.2. The highest BCUT2D eigenvalue weighted by Gasteiger charge is 2.24. The van der Waals surface area contributed by atoms with Crippen molar-refractivity contribution in [3.05, 3.63) is 36.7 Å². The number of aromatic nitrogens is 1. The summed E-state index contributed by atoms with van der Waals surface area (Å²) in [6.07, 6.45) is 1.31. The highest BCUT2D eigenvalue weighted by Crippen LogP contribution is 2.39. The number of nitrogens with two attached hydrogens (primary N) is 1. The second kappa shape index (κ2) is 6.28. The smallest absolute Gasteiger partial charge is 0.277 e. The van der Waals surface area contributed by atoms with Crippen LogP contribution in [-0.4, -0.2) is 21.2 Å². The number of hydrogen-bond donors (Lipinski definition) is 3. The van der Waals surface area contributed by atoms with Gasteiger partial charge in [-0.1, -0.05) is 0 Å². The van der Waals surface area contributed by atoms with Gasteiger partial charge >= 0.3 is 0 Å². The van der Waals surface area contributed by atoms with Crippen LogP contribution in [-0.2, 0) is 0 Å². The SMILES string of the molecule is Cc1c(Br)c(O)c(C=NNc2nc(N)cs2)c(C)c1[N+](=O)[O-]. The van der Waals surface area contributed by atoms with Crippen LogP contribution >= 0.6 is 27.3 Å². The molecule has 0 bridgehead atoms. The summed E-state index contributed by atoms with van der Waals surface area (Å²) in [5.74, 6) is 0.264. The van der Waals surface area contributed by atoms with E-state index in [4.69, 9.17) is 5.73 Å². The summed E-state index contributed by atoms with van der Waals surface area (Å²) in [5, 5.41) is 27.4. The number of rotatable bonds is 4. The van der Waals surface area contributed by atoms with Crippen molar-refractivity contribution < 1.29 is 10.0 Å². The van der Waals surface area contributed by atoms with Crippen molar-refractivity contribution in [2.75, 3.05) is 11.2 Å². The van der Waals surface area contributed by atoms with E-state index in [2.05, 4.69) is 31.4 Å². The topological polar surface area (TPSA) is 127 Å². The van der Waals surface area contributed by atoms with E-state index in [1.54, 1.807) is 19.2 Å². The van der Waals surface area contributed by atoms with Crippen molar-refractivity contribution in [2.45, 2.75) is 13.8 Å². The zero-order valence-corrected chi connectivity index (χ0v) is 14.0.